The van der Waals surface area contributed by atoms with E-state index in [1.165, 1.54) is 12.8 Å². The quantitative estimate of drug-likeness (QED) is 0.589. The van der Waals surface area contributed by atoms with Crippen LogP contribution in [0.25, 0.3) is 0 Å². The molecule has 0 amide bonds. The van der Waals surface area contributed by atoms with E-state index in [2.05, 4.69) is 16.3 Å². The summed E-state index contributed by atoms with van der Waals surface area (Å²) in [6.45, 7) is 2.57. The third kappa shape index (κ3) is 2.68. The van der Waals surface area contributed by atoms with Gasteiger partial charge in [0.25, 0.3) is 0 Å². The van der Waals surface area contributed by atoms with Crippen molar-refractivity contribution in [2.75, 3.05) is 20.7 Å². The highest BCUT2D eigenvalue weighted by molar-refractivity contribution is 7.62. The molecular weight excluding hydrogens is 299 g/mol. The minimum atomic E-state index is -2.61. The average Bonchev–Trinajstić information content (AvgIpc) is 3.03. The number of allylic oxidation sites excluding steroid dienone is 1. The maximum Gasteiger partial charge on any atom is 0.306 e. The topological polar surface area (TPSA) is 49.9 Å². The molecule has 0 radical (unpaired) electrons. The van der Waals surface area contributed by atoms with Crippen molar-refractivity contribution >= 4 is 13.4 Å². The number of likely N-dealkylation sites (N-methyl/N-ethyl adjacent to an activating group) is 2. The van der Waals surface area contributed by atoms with Gasteiger partial charge in [0.05, 0.1) is 13.0 Å². The zero-order chi connectivity index (χ0) is 15.9. The molecule has 0 aromatic carbocycles. The summed E-state index contributed by atoms with van der Waals surface area (Å²) in [6, 6.07) is 0.835. The second-order valence-corrected chi connectivity index (χ2v) is 9.74. The Kier molecular flexibility index (Phi) is 4.50. The Balaban J connectivity index is 1.73. The van der Waals surface area contributed by atoms with E-state index in [0.29, 0.717) is 25.1 Å². The second-order valence-electron chi connectivity index (χ2n) is 7.00. The van der Waals surface area contributed by atoms with Gasteiger partial charge in [-0.3, -0.25) is 9.36 Å². The first kappa shape index (κ1) is 16.2. The van der Waals surface area contributed by atoms with Crippen molar-refractivity contribution in [1.29, 1.82) is 0 Å². The predicted molar refractivity (Wildman–Crippen MR) is 86.5 cm³/mol. The normalized spacial score (nSPS) is 37.4. The van der Waals surface area contributed by atoms with Gasteiger partial charge in [0.1, 0.15) is 0 Å². The fourth-order valence-electron chi connectivity index (χ4n) is 4.10. The Morgan fingerprint density at radius 2 is 1.82 bits per heavy atom. The molecule has 6 heteroatoms. The molecule has 3 aliphatic rings. The molecule has 0 aromatic rings. The van der Waals surface area contributed by atoms with Crippen molar-refractivity contribution in [2.24, 2.45) is 11.8 Å². The molecule has 0 bridgehead atoms. The van der Waals surface area contributed by atoms with Crippen molar-refractivity contribution in [3.05, 3.63) is 11.9 Å². The van der Waals surface area contributed by atoms with Crippen LogP contribution >= 0.6 is 7.44 Å². The lowest BCUT2D eigenvalue weighted by Crippen LogP contribution is -2.37. The Hall–Kier alpha value is -0.640. The van der Waals surface area contributed by atoms with E-state index in [1.54, 1.807) is 0 Å². The van der Waals surface area contributed by atoms with Crippen LogP contribution in [0.1, 0.15) is 39.0 Å². The van der Waals surface area contributed by atoms with Gasteiger partial charge >= 0.3 is 5.97 Å². The summed E-state index contributed by atoms with van der Waals surface area (Å²) in [6.07, 6.45) is 7.28. The van der Waals surface area contributed by atoms with Crippen molar-refractivity contribution < 1.29 is 14.1 Å². The van der Waals surface area contributed by atoms with Crippen LogP contribution in [0, 0.1) is 11.8 Å². The maximum absolute atomic E-state index is 13.5. The Labute approximate surface area is 133 Å². The van der Waals surface area contributed by atoms with Gasteiger partial charge in [0.2, 0.25) is 7.44 Å². The van der Waals surface area contributed by atoms with Gasteiger partial charge in [-0.1, -0.05) is 25.8 Å². The van der Waals surface area contributed by atoms with Gasteiger partial charge in [-0.15, -0.1) is 0 Å². The van der Waals surface area contributed by atoms with Gasteiger partial charge in [0.15, 0.2) is 0 Å². The van der Waals surface area contributed by atoms with Gasteiger partial charge in [-0.05, 0) is 32.9 Å². The number of nitrogens with zero attached hydrogens (tertiary/aromatic N) is 2. The first-order valence-corrected chi connectivity index (χ1v) is 10.0. The molecule has 1 aliphatic carbocycles. The number of hydrogen-bond donors (Lipinski definition) is 0. The second kappa shape index (κ2) is 6.10. The third-order valence-electron chi connectivity index (χ3n) is 5.77. The molecule has 2 saturated heterocycles. The lowest BCUT2D eigenvalue weighted by molar-refractivity contribution is -0.137. The smallest absolute Gasteiger partial charge is 0.306 e. The summed E-state index contributed by atoms with van der Waals surface area (Å²) in [5.41, 5.74) is 0. The largest absolute Gasteiger partial charge is 0.465 e. The van der Waals surface area contributed by atoms with Crippen molar-refractivity contribution in [2.45, 2.75) is 51.1 Å². The molecule has 2 aliphatic heterocycles. The average molecular weight is 326 g/mol. The molecule has 22 heavy (non-hydrogen) atoms. The van der Waals surface area contributed by atoms with Crippen LogP contribution in [0.15, 0.2) is 11.9 Å². The Bertz CT molecular complexity index is 500. The molecule has 2 heterocycles. The summed E-state index contributed by atoms with van der Waals surface area (Å²) >= 11 is 0. The number of carbonyl (C=O) groups is 1. The zero-order valence-electron chi connectivity index (χ0n) is 13.8. The highest BCUT2D eigenvalue weighted by Crippen LogP contribution is 2.63. The van der Waals surface area contributed by atoms with E-state index in [9.17, 15) is 9.36 Å². The first-order chi connectivity index (χ1) is 10.4. The first-order valence-electron chi connectivity index (χ1n) is 8.35. The SMILES string of the molecule is C[C@@H](/C=C/P1(=O)N(C)[C@@H]2CCCC[C@H]2N1C)[C@@H]1COC(=O)C1. The fraction of sp³-hybridized carbons (Fsp3) is 0.812. The molecule has 1 saturated carbocycles. The fourth-order valence-corrected chi connectivity index (χ4v) is 6.85. The number of fused-ring (bicyclic) bond motifs is 1. The van der Waals surface area contributed by atoms with E-state index < -0.39 is 7.44 Å². The van der Waals surface area contributed by atoms with E-state index in [-0.39, 0.29) is 17.8 Å². The number of carbonyl (C=O) groups excluding carboxylic acids is 1. The van der Waals surface area contributed by atoms with Crippen LogP contribution in [0.2, 0.25) is 0 Å². The standard InChI is InChI=1S/C16H27N2O3P/c1-12(13-10-16(19)21-11-13)8-9-22(20)17(2)14-6-4-5-7-15(14)18(22)3/h8-9,12-15H,4-7,10-11H2,1-3H3/b9-8+/t12-,13-,14+,15+/m0/s1. The molecule has 0 unspecified atom stereocenters. The zero-order valence-corrected chi connectivity index (χ0v) is 14.7. The van der Waals surface area contributed by atoms with Crippen LogP contribution in [-0.2, 0) is 14.1 Å². The maximum atomic E-state index is 13.5. The van der Waals surface area contributed by atoms with Crippen LogP contribution in [-0.4, -0.2) is 48.1 Å². The van der Waals surface area contributed by atoms with Gasteiger partial charge < -0.3 is 4.74 Å². The molecule has 3 fully saturated rings. The van der Waals surface area contributed by atoms with Crippen LogP contribution in [0.4, 0.5) is 0 Å². The third-order valence-corrected chi connectivity index (χ3v) is 8.73. The number of rotatable bonds is 3. The van der Waals surface area contributed by atoms with Crippen LogP contribution in [0.5, 0.6) is 0 Å². The molecule has 5 nitrogen and oxygen atoms in total. The molecular formula is C16H27N2O3P. The van der Waals surface area contributed by atoms with Crippen molar-refractivity contribution in [3.63, 3.8) is 0 Å². The van der Waals surface area contributed by atoms with E-state index in [1.807, 2.05) is 26.0 Å². The summed E-state index contributed by atoms with van der Waals surface area (Å²) in [5, 5.41) is 0. The van der Waals surface area contributed by atoms with Gasteiger partial charge in [0, 0.05) is 23.8 Å². The molecule has 124 valence electrons. The molecule has 3 rings (SSSR count). The Morgan fingerprint density at radius 3 is 2.32 bits per heavy atom. The molecule has 0 N–H and O–H groups in total. The number of hydrogen-bond acceptors (Lipinski definition) is 3. The highest BCUT2D eigenvalue weighted by atomic mass is 31.2. The van der Waals surface area contributed by atoms with Crippen LogP contribution < -0.4 is 0 Å². The number of esters is 1. The predicted octanol–water partition coefficient (Wildman–Crippen LogP) is 3.08. The van der Waals surface area contributed by atoms with E-state index in [4.69, 9.17) is 4.74 Å². The van der Waals surface area contributed by atoms with E-state index in [0.717, 1.165) is 12.8 Å². The minimum absolute atomic E-state index is 0.113. The monoisotopic (exact) mass is 326 g/mol. The highest BCUT2D eigenvalue weighted by Gasteiger charge is 2.50. The molecule has 0 aromatic heterocycles. The molecule has 4 atom stereocenters. The lowest BCUT2D eigenvalue weighted by Gasteiger charge is -2.28. The summed E-state index contributed by atoms with van der Waals surface area (Å²) in [7, 11) is 1.40. The van der Waals surface area contributed by atoms with E-state index >= 15 is 0 Å². The summed E-state index contributed by atoms with van der Waals surface area (Å²) in [4.78, 5) is 11.2. The minimum Gasteiger partial charge on any atom is -0.465 e. The van der Waals surface area contributed by atoms with Crippen molar-refractivity contribution in [3.8, 4) is 0 Å². The van der Waals surface area contributed by atoms with Crippen LogP contribution in [0.3, 0.4) is 0 Å². The number of ether oxygens (including phenoxy) is 1. The summed E-state index contributed by atoms with van der Waals surface area (Å²) in [5.74, 6) is 2.23. The molecule has 0 spiro atoms. The lowest BCUT2D eigenvalue weighted by atomic mass is 9.91. The van der Waals surface area contributed by atoms with Gasteiger partial charge in [-0.2, -0.15) is 0 Å². The van der Waals surface area contributed by atoms with Crippen molar-refractivity contribution in [1.82, 2.24) is 9.34 Å². The van der Waals surface area contributed by atoms with Gasteiger partial charge in [-0.25, -0.2) is 9.34 Å². The summed E-state index contributed by atoms with van der Waals surface area (Å²) < 4.78 is 22.7. The Morgan fingerprint density at radius 1 is 1.23 bits per heavy atom. The number of cyclic esters (lactones) is 1.